The quantitative estimate of drug-likeness (QED) is 0.804. The highest BCUT2D eigenvalue weighted by Gasteiger charge is 2.12. The molecule has 0 aromatic heterocycles. The molecule has 1 rings (SSSR count). The van der Waals surface area contributed by atoms with Crippen molar-refractivity contribution in [3.05, 3.63) is 27.7 Å². The van der Waals surface area contributed by atoms with Crippen molar-refractivity contribution in [2.75, 3.05) is 0 Å². The van der Waals surface area contributed by atoms with Crippen molar-refractivity contribution < 1.29 is 5.11 Å². The van der Waals surface area contributed by atoms with Gasteiger partial charge in [0.05, 0.1) is 5.02 Å². The van der Waals surface area contributed by atoms with E-state index in [0.29, 0.717) is 10.6 Å². The predicted octanol–water partition coefficient (Wildman–Crippen LogP) is 3.11. The van der Waals surface area contributed by atoms with E-state index in [1.54, 1.807) is 6.07 Å². The summed E-state index contributed by atoms with van der Waals surface area (Å²) in [5, 5.41) is 10.3. The Morgan fingerprint density at radius 3 is 2.62 bits per heavy atom. The van der Waals surface area contributed by atoms with Crippen molar-refractivity contribution in [1.29, 1.82) is 0 Å². The first-order chi connectivity index (χ1) is 6.06. The average Bonchev–Trinajstić information content (AvgIpc) is 2.10. The van der Waals surface area contributed by atoms with Crippen LogP contribution in [-0.2, 0) is 0 Å². The molecule has 1 atom stereocenters. The Morgan fingerprint density at radius 1 is 1.46 bits per heavy atom. The molecule has 1 aromatic carbocycles. The van der Waals surface area contributed by atoms with Crippen molar-refractivity contribution in [1.82, 2.24) is 0 Å². The first-order valence-electron chi connectivity index (χ1n) is 3.99. The van der Waals surface area contributed by atoms with E-state index in [1.165, 1.54) is 6.07 Å². The standard InChI is InChI=1S/C9H11Cl2NO/c1-2-8(12)6-3-5(10)4-7(11)9(6)13/h3-4,8,13H,2,12H2,1H3/t8-/m0/s1. The third kappa shape index (κ3) is 2.27. The molecule has 0 aliphatic rings. The molecule has 0 unspecified atom stereocenters. The van der Waals surface area contributed by atoms with Gasteiger partial charge in [0.15, 0.2) is 0 Å². The Kier molecular flexibility index (Phi) is 3.42. The largest absolute Gasteiger partial charge is 0.506 e. The summed E-state index contributed by atoms with van der Waals surface area (Å²) in [6, 6.07) is 2.90. The summed E-state index contributed by atoms with van der Waals surface area (Å²) in [4.78, 5) is 0. The van der Waals surface area contributed by atoms with Crippen LogP contribution in [0.2, 0.25) is 10.0 Å². The third-order valence-corrected chi connectivity index (χ3v) is 2.40. The Labute approximate surface area is 87.3 Å². The Morgan fingerprint density at radius 2 is 2.08 bits per heavy atom. The fourth-order valence-corrected chi connectivity index (χ4v) is 1.60. The van der Waals surface area contributed by atoms with Crippen molar-refractivity contribution >= 4 is 23.2 Å². The van der Waals surface area contributed by atoms with E-state index in [1.807, 2.05) is 6.92 Å². The van der Waals surface area contributed by atoms with E-state index in [0.717, 1.165) is 6.42 Å². The lowest BCUT2D eigenvalue weighted by Gasteiger charge is -2.12. The van der Waals surface area contributed by atoms with E-state index >= 15 is 0 Å². The number of hydrogen-bond acceptors (Lipinski definition) is 2. The minimum Gasteiger partial charge on any atom is -0.506 e. The van der Waals surface area contributed by atoms with Gasteiger partial charge in [-0.2, -0.15) is 0 Å². The lowest BCUT2D eigenvalue weighted by atomic mass is 10.0. The van der Waals surface area contributed by atoms with Crippen LogP contribution < -0.4 is 5.73 Å². The van der Waals surface area contributed by atoms with E-state index in [2.05, 4.69) is 0 Å². The molecule has 1 aromatic rings. The number of rotatable bonds is 2. The number of aromatic hydroxyl groups is 1. The maximum absolute atomic E-state index is 9.55. The molecular formula is C9H11Cl2NO. The summed E-state index contributed by atoms with van der Waals surface area (Å²) in [7, 11) is 0. The first kappa shape index (κ1) is 10.6. The Hall–Kier alpha value is -0.440. The summed E-state index contributed by atoms with van der Waals surface area (Å²) in [6.07, 6.45) is 0.726. The van der Waals surface area contributed by atoms with Gasteiger partial charge in [-0.25, -0.2) is 0 Å². The number of halogens is 2. The second kappa shape index (κ2) is 4.18. The first-order valence-corrected chi connectivity index (χ1v) is 4.75. The van der Waals surface area contributed by atoms with Crippen LogP contribution in [0.25, 0.3) is 0 Å². The molecule has 0 bridgehead atoms. The van der Waals surface area contributed by atoms with Crippen molar-refractivity contribution in [3.63, 3.8) is 0 Å². The molecule has 0 spiro atoms. The number of nitrogens with two attached hydrogens (primary N) is 1. The molecular weight excluding hydrogens is 209 g/mol. The van der Waals surface area contributed by atoms with Gasteiger partial charge in [-0.15, -0.1) is 0 Å². The van der Waals surface area contributed by atoms with Crippen molar-refractivity contribution in [2.24, 2.45) is 5.73 Å². The maximum atomic E-state index is 9.55. The van der Waals surface area contributed by atoms with Crippen LogP contribution in [0.5, 0.6) is 5.75 Å². The summed E-state index contributed by atoms with van der Waals surface area (Å²) in [5.74, 6) is 0.0282. The molecule has 0 aliphatic carbocycles. The fourth-order valence-electron chi connectivity index (χ4n) is 1.09. The molecule has 0 amide bonds. The molecule has 0 saturated heterocycles. The highest BCUT2D eigenvalue weighted by molar-refractivity contribution is 6.35. The van der Waals surface area contributed by atoms with Crippen LogP contribution in [0, 0.1) is 0 Å². The number of benzene rings is 1. The lowest BCUT2D eigenvalue weighted by Crippen LogP contribution is -2.08. The molecule has 0 fully saturated rings. The molecule has 4 heteroatoms. The zero-order valence-electron chi connectivity index (χ0n) is 7.22. The van der Waals surface area contributed by atoms with Crippen LogP contribution in [-0.4, -0.2) is 5.11 Å². The lowest BCUT2D eigenvalue weighted by molar-refractivity contribution is 0.460. The Balaban J connectivity index is 3.20. The second-order valence-electron chi connectivity index (χ2n) is 2.84. The highest BCUT2D eigenvalue weighted by Crippen LogP contribution is 2.34. The molecule has 72 valence electrons. The van der Waals surface area contributed by atoms with E-state index in [-0.39, 0.29) is 16.8 Å². The number of phenols is 1. The average molecular weight is 220 g/mol. The second-order valence-corrected chi connectivity index (χ2v) is 3.68. The summed E-state index contributed by atoms with van der Waals surface area (Å²) < 4.78 is 0. The monoisotopic (exact) mass is 219 g/mol. The SMILES string of the molecule is CC[C@H](N)c1cc(Cl)cc(Cl)c1O. The number of phenolic OH excluding ortho intramolecular Hbond substituents is 1. The van der Waals surface area contributed by atoms with Crippen molar-refractivity contribution in [2.45, 2.75) is 19.4 Å². The number of hydrogen-bond donors (Lipinski definition) is 2. The molecule has 0 radical (unpaired) electrons. The third-order valence-electron chi connectivity index (χ3n) is 1.90. The molecule has 13 heavy (non-hydrogen) atoms. The predicted molar refractivity (Wildman–Crippen MR) is 55.3 cm³/mol. The maximum Gasteiger partial charge on any atom is 0.139 e. The van der Waals surface area contributed by atoms with Gasteiger partial charge in [-0.1, -0.05) is 30.1 Å². The minimum atomic E-state index is -0.226. The van der Waals surface area contributed by atoms with Gasteiger partial charge in [0, 0.05) is 16.6 Å². The highest BCUT2D eigenvalue weighted by atomic mass is 35.5. The van der Waals surface area contributed by atoms with Crippen LogP contribution in [0.4, 0.5) is 0 Å². The smallest absolute Gasteiger partial charge is 0.139 e. The van der Waals surface area contributed by atoms with Crippen molar-refractivity contribution in [3.8, 4) is 5.75 Å². The normalized spacial score (nSPS) is 12.9. The van der Waals surface area contributed by atoms with Gasteiger partial charge in [-0.3, -0.25) is 0 Å². The molecule has 0 aliphatic heterocycles. The summed E-state index contributed by atoms with van der Waals surface area (Å²) >= 11 is 11.5. The van der Waals surface area contributed by atoms with Gasteiger partial charge in [0.2, 0.25) is 0 Å². The van der Waals surface area contributed by atoms with Gasteiger partial charge in [-0.05, 0) is 18.6 Å². The van der Waals surface area contributed by atoms with Gasteiger partial charge in [0.1, 0.15) is 5.75 Å². The molecule has 2 nitrogen and oxygen atoms in total. The van der Waals surface area contributed by atoms with Crippen LogP contribution >= 0.6 is 23.2 Å². The summed E-state index contributed by atoms with van der Waals surface area (Å²) in [6.45, 7) is 1.93. The van der Waals surface area contributed by atoms with E-state index < -0.39 is 0 Å². The Bertz CT molecular complexity index is 315. The van der Waals surface area contributed by atoms with Gasteiger partial charge in [0.25, 0.3) is 0 Å². The fraction of sp³-hybridized carbons (Fsp3) is 0.333. The van der Waals surface area contributed by atoms with Crippen LogP contribution in [0.1, 0.15) is 24.9 Å². The molecule has 0 saturated carbocycles. The topological polar surface area (TPSA) is 46.2 Å². The summed E-state index contributed by atoms with van der Waals surface area (Å²) in [5.41, 5.74) is 6.35. The van der Waals surface area contributed by atoms with Gasteiger partial charge >= 0.3 is 0 Å². The zero-order chi connectivity index (χ0) is 10.0. The molecule has 3 N–H and O–H groups in total. The van der Waals surface area contributed by atoms with E-state index in [4.69, 9.17) is 28.9 Å². The van der Waals surface area contributed by atoms with Crippen LogP contribution in [0.15, 0.2) is 12.1 Å². The minimum absolute atomic E-state index is 0.0282. The van der Waals surface area contributed by atoms with Gasteiger partial charge < -0.3 is 10.8 Å². The van der Waals surface area contributed by atoms with Crippen LogP contribution in [0.3, 0.4) is 0 Å². The van der Waals surface area contributed by atoms with E-state index in [9.17, 15) is 5.11 Å². The molecule has 0 heterocycles. The zero-order valence-corrected chi connectivity index (χ0v) is 8.73.